The number of aromatic amines is 1. The number of nitrogens with one attached hydrogen (secondary N) is 1. The molecule has 0 aliphatic rings. The van der Waals surface area contributed by atoms with Crippen molar-refractivity contribution in [2.45, 2.75) is 12.5 Å². The third-order valence-electron chi connectivity index (χ3n) is 4.24. The molecule has 1 atom stereocenters. The molecule has 26 heavy (non-hydrogen) atoms. The van der Waals surface area contributed by atoms with E-state index >= 15 is 0 Å². The van der Waals surface area contributed by atoms with Crippen LogP contribution >= 0.6 is 0 Å². The van der Waals surface area contributed by atoms with Crippen LogP contribution in [0.4, 0.5) is 8.78 Å². The molecule has 0 bridgehead atoms. The van der Waals surface area contributed by atoms with Gasteiger partial charge in [-0.1, -0.05) is 6.07 Å². The van der Waals surface area contributed by atoms with Gasteiger partial charge >= 0.3 is 0 Å². The van der Waals surface area contributed by atoms with Crippen molar-refractivity contribution in [1.82, 2.24) is 15.0 Å². The first-order chi connectivity index (χ1) is 12.6. The van der Waals surface area contributed by atoms with Gasteiger partial charge in [-0.25, -0.2) is 13.8 Å². The predicted molar refractivity (Wildman–Crippen MR) is 96.3 cm³/mol. The highest BCUT2D eigenvalue weighted by atomic mass is 19.1. The lowest BCUT2D eigenvalue weighted by atomic mass is 10.1. The first-order valence-electron chi connectivity index (χ1n) is 8.19. The summed E-state index contributed by atoms with van der Waals surface area (Å²) in [6.45, 7) is 0. The number of aromatic nitrogens is 3. The number of benzene rings is 2. The fraction of sp³-hybridized carbons (Fsp3) is 0.100. The number of hydrogen-bond acceptors (Lipinski definition) is 3. The molecule has 4 rings (SSSR count). The van der Waals surface area contributed by atoms with Crippen molar-refractivity contribution < 1.29 is 8.78 Å². The minimum atomic E-state index is -0.612. The van der Waals surface area contributed by atoms with Gasteiger partial charge in [-0.05, 0) is 59.5 Å². The van der Waals surface area contributed by atoms with E-state index in [0.29, 0.717) is 11.4 Å². The second-order valence-corrected chi connectivity index (χ2v) is 6.18. The Kier molecular flexibility index (Phi) is 4.18. The smallest absolute Gasteiger partial charge is 0.126 e. The molecule has 6 heteroatoms. The molecule has 3 N–H and O–H groups in total. The van der Waals surface area contributed by atoms with E-state index in [1.807, 2.05) is 30.3 Å². The average molecular weight is 350 g/mol. The molecule has 130 valence electrons. The maximum Gasteiger partial charge on any atom is 0.126 e. The van der Waals surface area contributed by atoms with Gasteiger partial charge in [-0.2, -0.15) is 0 Å². The Morgan fingerprint density at radius 3 is 2.38 bits per heavy atom. The van der Waals surface area contributed by atoms with Crippen LogP contribution in [0.25, 0.3) is 22.2 Å². The molecule has 2 heterocycles. The van der Waals surface area contributed by atoms with E-state index in [2.05, 4.69) is 15.0 Å². The summed E-state index contributed by atoms with van der Waals surface area (Å²) in [4.78, 5) is 11.7. The van der Waals surface area contributed by atoms with Crippen LogP contribution in [0.3, 0.4) is 0 Å². The molecule has 0 saturated carbocycles. The number of halogens is 2. The highest BCUT2D eigenvalue weighted by molar-refractivity contribution is 5.82. The van der Waals surface area contributed by atoms with Crippen LogP contribution in [-0.4, -0.2) is 15.0 Å². The number of pyridine rings is 1. The number of imidazole rings is 1. The monoisotopic (exact) mass is 350 g/mol. The summed E-state index contributed by atoms with van der Waals surface area (Å²) < 4.78 is 26.7. The van der Waals surface area contributed by atoms with Crippen molar-refractivity contribution in [3.63, 3.8) is 0 Å². The van der Waals surface area contributed by atoms with Crippen LogP contribution in [0, 0.1) is 11.6 Å². The molecule has 2 aromatic carbocycles. The summed E-state index contributed by atoms with van der Waals surface area (Å²) in [5.74, 6) is -0.644. The molecule has 4 aromatic rings. The summed E-state index contributed by atoms with van der Waals surface area (Å²) in [7, 11) is 0. The molecule has 4 nitrogen and oxygen atoms in total. The maximum absolute atomic E-state index is 13.3. The van der Waals surface area contributed by atoms with Gasteiger partial charge in [0.25, 0.3) is 0 Å². The van der Waals surface area contributed by atoms with Crippen molar-refractivity contribution in [3.05, 3.63) is 83.9 Å². The van der Waals surface area contributed by atoms with E-state index in [4.69, 9.17) is 5.73 Å². The Hall–Kier alpha value is -3.12. The summed E-state index contributed by atoms with van der Waals surface area (Å²) >= 11 is 0. The number of fused-ring (bicyclic) bond motifs is 1. The zero-order valence-corrected chi connectivity index (χ0v) is 13.8. The molecule has 0 aliphatic heterocycles. The van der Waals surface area contributed by atoms with Crippen molar-refractivity contribution in [1.29, 1.82) is 0 Å². The standard InChI is InChI=1S/C20H16F2N4/c21-15-7-12(8-16(22)11-15)9-17(23)20-25-18-2-1-14(10-19(18)26-20)13-3-5-24-6-4-13/h1-8,10-11,17H,9,23H2,(H,25,26)/t17-/m1/s1. The van der Waals surface area contributed by atoms with Crippen LogP contribution < -0.4 is 5.73 Å². The van der Waals surface area contributed by atoms with E-state index in [9.17, 15) is 8.78 Å². The Balaban J connectivity index is 1.62. The molecule has 0 radical (unpaired) electrons. The molecule has 0 spiro atoms. The molecule has 0 unspecified atom stereocenters. The number of nitrogens with two attached hydrogens (primary N) is 1. The number of H-pyrrole nitrogens is 1. The largest absolute Gasteiger partial charge is 0.341 e. The van der Waals surface area contributed by atoms with E-state index in [1.165, 1.54) is 12.1 Å². The minimum absolute atomic E-state index is 0.283. The SMILES string of the molecule is N[C@H](Cc1cc(F)cc(F)c1)c1nc2ccc(-c3ccncc3)cc2[nH]1. The minimum Gasteiger partial charge on any atom is -0.341 e. The topological polar surface area (TPSA) is 67.6 Å². The average Bonchev–Trinajstić information content (AvgIpc) is 3.05. The number of hydrogen-bond donors (Lipinski definition) is 2. The van der Waals surface area contributed by atoms with Crippen molar-refractivity contribution in [2.75, 3.05) is 0 Å². The van der Waals surface area contributed by atoms with Gasteiger partial charge in [0.15, 0.2) is 0 Å². The Morgan fingerprint density at radius 2 is 1.65 bits per heavy atom. The summed E-state index contributed by atoms with van der Waals surface area (Å²) in [6.07, 6.45) is 3.77. The van der Waals surface area contributed by atoms with Crippen molar-refractivity contribution >= 4 is 11.0 Å². The first-order valence-corrected chi connectivity index (χ1v) is 8.19. The van der Waals surface area contributed by atoms with Gasteiger partial charge in [-0.15, -0.1) is 0 Å². The first kappa shape index (κ1) is 16.4. The number of rotatable bonds is 4. The van der Waals surface area contributed by atoms with E-state index in [1.54, 1.807) is 12.4 Å². The third kappa shape index (κ3) is 3.32. The van der Waals surface area contributed by atoms with Crippen LogP contribution in [0.1, 0.15) is 17.4 Å². The quantitative estimate of drug-likeness (QED) is 0.581. The van der Waals surface area contributed by atoms with E-state index in [-0.39, 0.29) is 6.42 Å². The van der Waals surface area contributed by atoms with Crippen LogP contribution in [0.5, 0.6) is 0 Å². The highest BCUT2D eigenvalue weighted by Gasteiger charge is 2.14. The fourth-order valence-corrected chi connectivity index (χ4v) is 3.01. The van der Waals surface area contributed by atoms with Crippen molar-refractivity contribution in [3.8, 4) is 11.1 Å². The van der Waals surface area contributed by atoms with Gasteiger partial charge in [0.2, 0.25) is 0 Å². The van der Waals surface area contributed by atoms with Gasteiger partial charge in [0, 0.05) is 18.5 Å². The normalized spacial score (nSPS) is 12.4. The lowest BCUT2D eigenvalue weighted by Gasteiger charge is -2.09. The third-order valence-corrected chi connectivity index (χ3v) is 4.24. The molecule has 0 saturated heterocycles. The summed E-state index contributed by atoms with van der Waals surface area (Å²) in [6, 6.07) is 12.7. The van der Waals surface area contributed by atoms with Crippen LogP contribution in [-0.2, 0) is 6.42 Å². The maximum atomic E-state index is 13.3. The molecule has 0 amide bonds. The predicted octanol–water partition coefficient (Wildman–Crippen LogP) is 4.15. The second-order valence-electron chi connectivity index (χ2n) is 6.18. The zero-order chi connectivity index (χ0) is 18.1. The van der Waals surface area contributed by atoms with Gasteiger partial charge in [0.1, 0.15) is 17.5 Å². The number of nitrogens with zero attached hydrogens (tertiary/aromatic N) is 2. The molecule has 0 aliphatic carbocycles. The fourth-order valence-electron chi connectivity index (χ4n) is 3.01. The van der Waals surface area contributed by atoms with E-state index in [0.717, 1.165) is 28.2 Å². The zero-order valence-electron chi connectivity index (χ0n) is 13.8. The highest BCUT2D eigenvalue weighted by Crippen LogP contribution is 2.24. The van der Waals surface area contributed by atoms with Gasteiger partial charge in [-0.3, -0.25) is 4.98 Å². The Bertz CT molecular complexity index is 1040. The summed E-state index contributed by atoms with van der Waals surface area (Å²) in [5.41, 5.74) is 10.4. The Morgan fingerprint density at radius 1 is 0.923 bits per heavy atom. The second kappa shape index (κ2) is 6.65. The molecule has 2 aromatic heterocycles. The van der Waals surface area contributed by atoms with Crippen LogP contribution in [0.15, 0.2) is 60.9 Å². The lowest BCUT2D eigenvalue weighted by molar-refractivity contribution is 0.575. The lowest BCUT2D eigenvalue weighted by Crippen LogP contribution is -2.15. The van der Waals surface area contributed by atoms with Crippen LogP contribution in [0.2, 0.25) is 0 Å². The summed E-state index contributed by atoms with van der Waals surface area (Å²) in [5, 5.41) is 0. The van der Waals surface area contributed by atoms with Crippen molar-refractivity contribution in [2.24, 2.45) is 5.73 Å². The van der Waals surface area contributed by atoms with E-state index < -0.39 is 17.7 Å². The van der Waals surface area contributed by atoms with Gasteiger partial charge in [0.05, 0.1) is 17.1 Å². The molecular formula is C20H16F2N4. The van der Waals surface area contributed by atoms with Gasteiger partial charge < -0.3 is 10.7 Å². The Labute approximate surface area is 148 Å². The molecule has 0 fully saturated rings. The molecular weight excluding hydrogens is 334 g/mol.